The van der Waals surface area contributed by atoms with E-state index in [0.717, 1.165) is 24.8 Å². The summed E-state index contributed by atoms with van der Waals surface area (Å²) in [6, 6.07) is 5.66. The maximum atomic E-state index is 12.5. The zero-order chi connectivity index (χ0) is 13.1. The number of hydrogen-bond acceptors (Lipinski definition) is 2. The first-order valence-corrected chi connectivity index (χ1v) is 6.70. The fourth-order valence-corrected chi connectivity index (χ4v) is 2.42. The van der Waals surface area contributed by atoms with E-state index in [-0.39, 0.29) is 18.6 Å². The molecule has 1 aliphatic rings. The number of nitrogens with zero attached hydrogens (tertiary/aromatic N) is 1. The summed E-state index contributed by atoms with van der Waals surface area (Å²) < 4.78 is 0. The Morgan fingerprint density at radius 3 is 2.78 bits per heavy atom. The van der Waals surface area contributed by atoms with Crippen LogP contribution in [0.2, 0.25) is 5.02 Å². The van der Waals surface area contributed by atoms with Crippen LogP contribution in [0.5, 0.6) is 0 Å². The molecule has 0 unspecified atom stereocenters. The normalized spacial score (nSPS) is 15.3. The molecule has 0 spiro atoms. The first-order chi connectivity index (χ1) is 8.65. The molecule has 0 aromatic heterocycles. The third-order valence-electron chi connectivity index (χ3n) is 3.62. The second-order valence-corrected chi connectivity index (χ2v) is 5.13. The number of benzene rings is 1. The van der Waals surface area contributed by atoms with Gasteiger partial charge in [-0.1, -0.05) is 17.7 Å². The van der Waals surface area contributed by atoms with Gasteiger partial charge >= 0.3 is 0 Å². The van der Waals surface area contributed by atoms with Crippen molar-refractivity contribution in [3.63, 3.8) is 0 Å². The van der Waals surface area contributed by atoms with Crippen molar-refractivity contribution in [2.75, 3.05) is 13.2 Å². The van der Waals surface area contributed by atoms with Crippen LogP contribution in [0.4, 0.5) is 0 Å². The lowest BCUT2D eigenvalue weighted by atomic mass is 9.90. The van der Waals surface area contributed by atoms with Gasteiger partial charge in [0, 0.05) is 23.2 Å². The number of halogens is 1. The van der Waals surface area contributed by atoms with Gasteiger partial charge in [-0.15, -0.1) is 0 Å². The third kappa shape index (κ3) is 2.52. The smallest absolute Gasteiger partial charge is 0.254 e. The van der Waals surface area contributed by atoms with Gasteiger partial charge in [-0.05, 0) is 43.9 Å². The van der Waals surface area contributed by atoms with Gasteiger partial charge in [0.15, 0.2) is 0 Å². The van der Waals surface area contributed by atoms with Crippen LogP contribution < -0.4 is 0 Å². The quantitative estimate of drug-likeness (QED) is 0.911. The van der Waals surface area contributed by atoms with Gasteiger partial charge in [-0.2, -0.15) is 0 Å². The van der Waals surface area contributed by atoms with E-state index in [9.17, 15) is 4.79 Å². The molecule has 98 valence electrons. The summed E-state index contributed by atoms with van der Waals surface area (Å²) in [5, 5.41) is 9.71. The first kappa shape index (κ1) is 13.4. The van der Waals surface area contributed by atoms with E-state index in [1.165, 1.54) is 0 Å². The molecule has 1 N–H and O–H groups in total. The van der Waals surface area contributed by atoms with Crippen LogP contribution in [-0.2, 0) is 0 Å². The average Bonchev–Trinajstić information content (AvgIpc) is 2.29. The predicted octanol–water partition coefficient (Wildman–Crippen LogP) is 2.64. The molecule has 1 amide bonds. The predicted molar refractivity (Wildman–Crippen MR) is 72.0 cm³/mol. The molecule has 1 saturated carbocycles. The molecule has 0 saturated heterocycles. The Hall–Kier alpha value is -1.06. The molecule has 0 aliphatic heterocycles. The zero-order valence-electron chi connectivity index (χ0n) is 10.5. The van der Waals surface area contributed by atoms with E-state index in [2.05, 4.69) is 0 Å². The number of amides is 1. The van der Waals surface area contributed by atoms with Gasteiger partial charge in [-0.25, -0.2) is 0 Å². The van der Waals surface area contributed by atoms with E-state index in [0.29, 0.717) is 17.1 Å². The molecule has 4 heteroatoms. The second kappa shape index (κ2) is 5.72. The van der Waals surface area contributed by atoms with E-state index in [1.807, 2.05) is 6.92 Å². The van der Waals surface area contributed by atoms with E-state index in [1.54, 1.807) is 23.1 Å². The van der Waals surface area contributed by atoms with Gasteiger partial charge in [0.25, 0.3) is 5.91 Å². The summed E-state index contributed by atoms with van der Waals surface area (Å²) in [6.45, 7) is 2.25. The van der Waals surface area contributed by atoms with Crippen LogP contribution in [-0.4, -0.2) is 35.1 Å². The van der Waals surface area contributed by atoms with Crippen LogP contribution in [0.15, 0.2) is 18.2 Å². The number of hydrogen-bond donors (Lipinski definition) is 1. The lowest BCUT2D eigenvalue weighted by Crippen LogP contribution is -2.45. The zero-order valence-corrected chi connectivity index (χ0v) is 11.3. The van der Waals surface area contributed by atoms with Crippen LogP contribution in [0.1, 0.15) is 35.2 Å². The van der Waals surface area contributed by atoms with Gasteiger partial charge in [0.1, 0.15) is 0 Å². The Balaban J connectivity index is 2.24. The molecule has 0 radical (unpaired) electrons. The molecule has 0 bridgehead atoms. The maximum absolute atomic E-state index is 12.5. The monoisotopic (exact) mass is 267 g/mol. The van der Waals surface area contributed by atoms with Crippen molar-refractivity contribution in [2.45, 2.75) is 32.2 Å². The van der Waals surface area contributed by atoms with Crippen molar-refractivity contribution in [1.29, 1.82) is 0 Å². The molecule has 0 atom stereocenters. The summed E-state index contributed by atoms with van der Waals surface area (Å²) in [7, 11) is 0. The number of rotatable bonds is 4. The van der Waals surface area contributed by atoms with Crippen LogP contribution in [0, 0.1) is 6.92 Å². The van der Waals surface area contributed by atoms with E-state index in [4.69, 9.17) is 16.7 Å². The Morgan fingerprint density at radius 1 is 1.50 bits per heavy atom. The highest BCUT2D eigenvalue weighted by atomic mass is 35.5. The highest BCUT2D eigenvalue weighted by Gasteiger charge is 2.29. The summed E-state index contributed by atoms with van der Waals surface area (Å²) in [6.07, 6.45) is 3.23. The lowest BCUT2D eigenvalue weighted by Gasteiger charge is -2.37. The standard InChI is InChI=1S/C14H18ClNO2/c1-10-12(6-3-7-13(10)15)14(18)16(8-9-17)11-4-2-5-11/h3,6-7,11,17H,2,4-5,8-9H2,1H3. The molecule has 1 aromatic rings. The van der Waals surface area contributed by atoms with Gasteiger partial charge in [0.2, 0.25) is 0 Å². The van der Waals surface area contributed by atoms with E-state index >= 15 is 0 Å². The third-order valence-corrected chi connectivity index (χ3v) is 4.02. The summed E-state index contributed by atoms with van der Waals surface area (Å²) >= 11 is 6.05. The molecule has 3 nitrogen and oxygen atoms in total. The molecule has 18 heavy (non-hydrogen) atoms. The van der Waals surface area contributed by atoms with Crippen molar-refractivity contribution >= 4 is 17.5 Å². The Kier molecular flexibility index (Phi) is 4.25. The molecule has 1 fully saturated rings. The number of carbonyl (C=O) groups excluding carboxylic acids is 1. The molecule has 2 rings (SSSR count). The number of carbonyl (C=O) groups is 1. The Labute approximate surface area is 112 Å². The SMILES string of the molecule is Cc1c(Cl)cccc1C(=O)N(CCO)C1CCC1. The summed E-state index contributed by atoms with van der Waals surface area (Å²) in [5.41, 5.74) is 1.45. The van der Waals surface area contributed by atoms with Crippen molar-refractivity contribution in [1.82, 2.24) is 4.90 Å². The summed E-state index contributed by atoms with van der Waals surface area (Å²) in [5.74, 6) is -0.0197. The first-order valence-electron chi connectivity index (χ1n) is 6.32. The minimum absolute atomic E-state index is 0.00184. The summed E-state index contributed by atoms with van der Waals surface area (Å²) in [4.78, 5) is 14.3. The van der Waals surface area contributed by atoms with Crippen molar-refractivity contribution in [3.05, 3.63) is 34.3 Å². The number of aliphatic hydroxyl groups excluding tert-OH is 1. The van der Waals surface area contributed by atoms with Gasteiger partial charge in [-0.3, -0.25) is 4.79 Å². The maximum Gasteiger partial charge on any atom is 0.254 e. The fraction of sp³-hybridized carbons (Fsp3) is 0.500. The van der Waals surface area contributed by atoms with Crippen molar-refractivity contribution in [3.8, 4) is 0 Å². The van der Waals surface area contributed by atoms with Crippen LogP contribution in [0.3, 0.4) is 0 Å². The minimum Gasteiger partial charge on any atom is -0.395 e. The highest BCUT2D eigenvalue weighted by Crippen LogP contribution is 2.27. The van der Waals surface area contributed by atoms with E-state index < -0.39 is 0 Å². The Bertz CT molecular complexity index is 443. The van der Waals surface area contributed by atoms with Crippen LogP contribution in [0.25, 0.3) is 0 Å². The van der Waals surface area contributed by atoms with Crippen molar-refractivity contribution in [2.24, 2.45) is 0 Å². The fourth-order valence-electron chi connectivity index (χ4n) is 2.25. The second-order valence-electron chi connectivity index (χ2n) is 4.72. The molecule has 1 aromatic carbocycles. The minimum atomic E-state index is -0.0197. The lowest BCUT2D eigenvalue weighted by molar-refractivity contribution is 0.0525. The Morgan fingerprint density at radius 2 is 2.22 bits per heavy atom. The molecular weight excluding hydrogens is 250 g/mol. The average molecular weight is 268 g/mol. The molecule has 0 heterocycles. The van der Waals surface area contributed by atoms with Crippen LogP contribution >= 0.6 is 11.6 Å². The molecular formula is C14H18ClNO2. The molecule has 1 aliphatic carbocycles. The highest BCUT2D eigenvalue weighted by molar-refractivity contribution is 6.31. The largest absolute Gasteiger partial charge is 0.395 e. The number of aliphatic hydroxyl groups is 1. The van der Waals surface area contributed by atoms with Gasteiger partial charge < -0.3 is 10.0 Å². The topological polar surface area (TPSA) is 40.5 Å². The van der Waals surface area contributed by atoms with Gasteiger partial charge in [0.05, 0.1) is 6.61 Å². The van der Waals surface area contributed by atoms with Crippen molar-refractivity contribution < 1.29 is 9.90 Å².